The second-order valence-corrected chi connectivity index (χ2v) is 8.76. The molecule has 1 N–H and O–H groups in total. The van der Waals surface area contributed by atoms with Crippen molar-refractivity contribution in [1.29, 1.82) is 0 Å². The number of allylic oxidation sites excluding steroid dienone is 2. The maximum atomic E-state index is 13.2. The van der Waals surface area contributed by atoms with Crippen molar-refractivity contribution in [1.82, 2.24) is 0 Å². The number of amides is 1. The van der Waals surface area contributed by atoms with Gasteiger partial charge in [0.05, 0.1) is 0 Å². The molecule has 0 atom stereocenters. The van der Waals surface area contributed by atoms with Crippen molar-refractivity contribution in [3.05, 3.63) is 93.7 Å². The van der Waals surface area contributed by atoms with Crippen molar-refractivity contribution in [3.8, 4) is 5.75 Å². The Morgan fingerprint density at radius 3 is 2.59 bits per heavy atom. The molecular formula is C27H25BrFNO2. The Kier molecular flexibility index (Phi) is 7.05. The lowest BCUT2D eigenvalue weighted by Crippen LogP contribution is -2.09. The highest BCUT2D eigenvalue weighted by Gasteiger charge is 2.21. The predicted octanol–water partition coefficient (Wildman–Crippen LogP) is 7.61. The third-order valence-electron chi connectivity index (χ3n) is 5.61. The largest absolute Gasteiger partial charge is 0.488 e. The smallest absolute Gasteiger partial charge is 0.224 e. The van der Waals surface area contributed by atoms with E-state index < -0.39 is 0 Å². The standard InChI is InChI=1S/C27H25BrFNO2/c1-2-27(31)30-22-6-3-5-19(15-22)23-7-4-8-24(23)25-16-20(28)11-14-26(25)32-17-18-9-12-21(29)13-10-18/h3,5-6,9-16H,2,4,7-8,17H2,1H3,(H,30,31). The van der Waals surface area contributed by atoms with Gasteiger partial charge in [0.2, 0.25) is 5.91 Å². The van der Waals surface area contributed by atoms with E-state index in [4.69, 9.17) is 4.74 Å². The number of ether oxygens (including phenoxy) is 1. The van der Waals surface area contributed by atoms with E-state index >= 15 is 0 Å². The normalized spacial score (nSPS) is 13.3. The van der Waals surface area contributed by atoms with Crippen LogP contribution in [0, 0.1) is 5.82 Å². The molecule has 0 saturated carbocycles. The Morgan fingerprint density at radius 2 is 1.81 bits per heavy atom. The summed E-state index contributed by atoms with van der Waals surface area (Å²) < 4.78 is 20.4. The summed E-state index contributed by atoms with van der Waals surface area (Å²) in [4.78, 5) is 11.8. The highest BCUT2D eigenvalue weighted by Crippen LogP contribution is 2.44. The van der Waals surface area contributed by atoms with Gasteiger partial charge in [-0.1, -0.05) is 47.1 Å². The van der Waals surface area contributed by atoms with E-state index in [2.05, 4.69) is 33.4 Å². The summed E-state index contributed by atoms with van der Waals surface area (Å²) in [6.45, 7) is 2.22. The lowest BCUT2D eigenvalue weighted by molar-refractivity contribution is -0.115. The number of hydrogen-bond donors (Lipinski definition) is 1. The summed E-state index contributed by atoms with van der Waals surface area (Å²) in [7, 11) is 0. The molecule has 1 aliphatic carbocycles. The van der Waals surface area contributed by atoms with Crippen LogP contribution in [0.2, 0.25) is 0 Å². The molecule has 0 heterocycles. The number of benzene rings is 3. The molecule has 0 fully saturated rings. The topological polar surface area (TPSA) is 38.3 Å². The van der Waals surface area contributed by atoms with E-state index in [1.54, 1.807) is 12.1 Å². The van der Waals surface area contributed by atoms with E-state index in [0.29, 0.717) is 13.0 Å². The number of hydrogen-bond acceptors (Lipinski definition) is 2. The first-order valence-electron chi connectivity index (χ1n) is 10.8. The molecule has 3 nitrogen and oxygen atoms in total. The molecule has 0 aromatic heterocycles. The summed E-state index contributed by atoms with van der Waals surface area (Å²) in [5, 5.41) is 2.95. The van der Waals surface area contributed by atoms with Crippen LogP contribution in [0.15, 0.2) is 71.2 Å². The zero-order valence-electron chi connectivity index (χ0n) is 18.0. The number of carbonyl (C=O) groups is 1. The van der Waals surface area contributed by atoms with Crippen molar-refractivity contribution in [2.24, 2.45) is 0 Å². The molecule has 3 aromatic rings. The molecule has 0 bridgehead atoms. The van der Waals surface area contributed by atoms with Gasteiger partial charge >= 0.3 is 0 Å². The average Bonchev–Trinajstić information content (AvgIpc) is 3.29. The van der Waals surface area contributed by atoms with E-state index in [-0.39, 0.29) is 11.7 Å². The molecular weight excluding hydrogens is 469 g/mol. The molecule has 0 saturated heterocycles. The van der Waals surface area contributed by atoms with Crippen LogP contribution in [-0.4, -0.2) is 5.91 Å². The van der Waals surface area contributed by atoms with Crippen molar-refractivity contribution in [2.45, 2.75) is 39.2 Å². The molecule has 1 amide bonds. The zero-order valence-corrected chi connectivity index (χ0v) is 19.5. The predicted molar refractivity (Wildman–Crippen MR) is 131 cm³/mol. The van der Waals surface area contributed by atoms with Gasteiger partial charge < -0.3 is 10.1 Å². The van der Waals surface area contributed by atoms with Crippen LogP contribution in [0.1, 0.15) is 49.3 Å². The van der Waals surface area contributed by atoms with Gasteiger partial charge in [0, 0.05) is 22.1 Å². The van der Waals surface area contributed by atoms with Crippen molar-refractivity contribution in [2.75, 3.05) is 5.32 Å². The Labute approximate surface area is 196 Å². The third-order valence-corrected chi connectivity index (χ3v) is 6.10. The Balaban J connectivity index is 1.66. The minimum absolute atomic E-state index is 0.00578. The SMILES string of the molecule is CCC(=O)Nc1cccc(C2=C(c3cc(Br)ccc3OCc3ccc(F)cc3)CCC2)c1. The van der Waals surface area contributed by atoms with Gasteiger partial charge in [-0.05, 0) is 84.0 Å². The first kappa shape index (κ1) is 22.3. The van der Waals surface area contributed by atoms with Crippen LogP contribution in [0.5, 0.6) is 5.75 Å². The van der Waals surface area contributed by atoms with Crippen LogP contribution < -0.4 is 10.1 Å². The van der Waals surface area contributed by atoms with Crippen molar-refractivity contribution < 1.29 is 13.9 Å². The average molecular weight is 494 g/mol. The van der Waals surface area contributed by atoms with Crippen LogP contribution in [0.3, 0.4) is 0 Å². The molecule has 0 spiro atoms. The highest BCUT2D eigenvalue weighted by molar-refractivity contribution is 9.10. The van der Waals surface area contributed by atoms with Crippen LogP contribution in [0.4, 0.5) is 10.1 Å². The Hall–Kier alpha value is -2.92. The van der Waals surface area contributed by atoms with Gasteiger partial charge in [-0.25, -0.2) is 4.39 Å². The first-order chi connectivity index (χ1) is 15.5. The monoisotopic (exact) mass is 493 g/mol. The molecule has 0 unspecified atom stereocenters. The van der Waals surface area contributed by atoms with E-state index in [0.717, 1.165) is 51.9 Å². The van der Waals surface area contributed by atoms with Crippen molar-refractivity contribution >= 4 is 38.7 Å². The van der Waals surface area contributed by atoms with Gasteiger partial charge in [0.1, 0.15) is 18.2 Å². The third kappa shape index (κ3) is 5.28. The zero-order chi connectivity index (χ0) is 22.5. The molecule has 0 aliphatic heterocycles. The second-order valence-electron chi connectivity index (χ2n) is 7.85. The highest BCUT2D eigenvalue weighted by atomic mass is 79.9. The number of rotatable bonds is 7. The summed E-state index contributed by atoms with van der Waals surface area (Å²) in [5.74, 6) is 0.560. The lowest BCUT2D eigenvalue weighted by Gasteiger charge is -2.16. The molecule has 1 aliphatic rings. The summed E-state index contributed by atoms with van der Waals surface area (Å²) in [6, 6.07) is 20.5. The lowest BCUT2D eigenvalue weighted by atomic mass is 9.96. The summed E-state index contributed by atoms with van der Waals surface area (Å²) in [5.41, 5.74) is 6.46. The number of nitrogens with one attached hydrogen (secondary N) is 1. The second kappa shape index (κ2) is 10.1. The molecule has 4 rings (SSSR count). The Morgan fingerprint density at radius 1 is 1.03 bits per heavy atom. The summed E-state index contributed by atoms with van der Waals surface area (Å²) >= 11 is 3.60. The summed E-state index contributed by atoms with van der Waals surface area (Å²) in [6.07, 6.45) is 3.46. The van der Waals surface area contributed by atoms with Gasteiger partial charge in [-0.2, -0.15) is 0 Å². The fraction of sp³-hybridized carbons (Fsp3) is 0.222. The van der Waals surface area contributed by atoms with Gasteiger partial charge in [-0.3, -0.25) is 4.79 Å². The van der Waals surface area contributed by atoms with Crippen LogP contribution in [-0.2, 0) is 11.4 Å². The van der Waals surface area contributed by atoms with Gasteiger partial charge in [-0.15, -0.1) is 0 Å². The number of anilines is 1. The molecule has 164 valence electrons. The number of carbonyl (C=O) groups excluding carboxylic acids is 1. The van der Waals surface area contributed by atoms with E-state index in [9.17, 15) is 9.18 Å². The van der Waals surface area contributed by atoms with Gasteiger partial charge in [0.15, 0.2) is 0 Å². The quantitative estimate of drug-likeness (QED) is 0.367. The van der Waals surface area contributed by atoms with Crippen LogP contribution in [0.25, 0.3) is 11.1 Å². The maximum Gasteiger partial charge on any atom is 0.224 e. The van der Waals surface area contributed by atoms with Crippen LogP contribution >= 0.6 is 15.9 Å². The molecule has 3 aromatic carbocycles. The van der Waals surface area contributed by atoms with Gasteiger partial charge in [0.25, 0.3) is 0 Å². The van der Waals surface area contributed by atoms with E-state index in [1.165, 1.54) is 23.3 Å². The fourth-order valence-electron chi connectivity index (χ4n) is 4.00. The fourth-order valence-corrected chi connectivity index (χ4v) is 4.36. The maximum absolute atomic E-state index is 13.2. The molecule has 32 heavy (non-hydrogen) atoms. The number of halogens is 2. The van der Waals surface area contributed by atoms with E-state index in [1.807, 2.05) is 37.3 Å². The van der Waals surface area contributed by atoms with Crippen molar-refractivity contribution in [3.63, 3.8) is 0 Å². The minimum atomic E-state index is -0.254. The minimum Gasteiger partial charge on any atom is -0.488 e. The Bertz CT molecular complexity index is 1150. The first-order valence-corrected chi connectivity index (χ1v) is 11.6. The molecule has 0 radical (unpaired) electrons. The molecule has 5 heteroatoms.